The number of rotatable bonds is 15. The molecule has 15 heteroatoms. The van der Waals surface area contributed by atoms with Crippen LogP contribution in [0.2, 0.25) is 0 Å². The molecule has 0 fully saturated rings. The number of carbonyl (C=O) groups excluding carboxylic acids is 2. The zero-order valence-electron chi connectivity index (χ0n) is 21.4. The third kappa shape index (κ3) is 10.4. The van der Waals surface area contributed by atoms with Crippen molar-refractivity contribution in [3.63, 3.8) is 0 Å². The van der Waals surface area contributed by atoms with Crippen molar-refractivity contribution < 1.29 is 46.8 Å². The molecule has 2 amide bonds. The van der Waals surface area contributed by atoms with Gasteiger partial charge in [0.25, 0.3) is 0 Å². The van der Waals surface area contributed by atoms with Crippen LogP contribution in [-0.2, 0) is 35.4 Å². The van der Waals surface area contributed by atoms with Gasteiger partial charge in [0.1, 0.15) is 5.75 Å². The Bertz CT molecular complexity index is 1300. The molecular weight excluding hydrogens is 553 g/mol. The number of phosphoric ester groups is 1. The van der Waals surface area contributed by atoms with Crippen molar-refractivity contribution in [2.75, 3.05) is 12.8 Å². The molecule has 0 aromatic heterocycles. The van der Waals surface area contributed by atoms with Crippen molar-refractivity contribution in [3.8, 4) is 5.75 Å². The quantitative estimate of drug-likeness (QED) is 0.100. The molecule has 0 spiro atoms. The van der Waals surface area contributed by atoms with Crippen LogP contribution in [0.3, 0.4) is 0 Å². The Labute approximate surface area is 226 Å². The zero-order chi connectivity index (χ0) is 29.3. The second-order valence-corrected chi connectivity index (χ2v) is 11.6. The number of carboxylic acid groups (broad SMARTS) is 1. The molecule has 0 saturated carbocycles. The number of hydrogen-bond donors (Lipinski definition) is 6. The van der Waals surface area contributed by atoms with Gasteiger partial charge in [-0.2, -0.15) is 4.72 Å². The van der Waals surface area contributed by atoms with E-state index in [1.807, 2.05) is 35.1 Å². The van der Waals surface area contributed by atoms with E-state index in [1.165, 1.54) is 19.1 Å². The second kappa shape index (κ2) is 13.7. The van der Waals surface area contributed by atoms with Crippen LogP contribution in [0.4, 0.5) is 0 Å². The Morgan fingerprint density at radius 1 is 1.03 bits per heavy atom. The lowest BCUT2D eigenvalue weighted by Gasteiger charge is -2.38. The van der Waals surface area contributed by atoms with Crippen LogP contribution in [-0.4, -0.2) is 59.6 Å². The minimum atomic E-state index is -4.89. The van der Waals surface area contributed by atoms with Crippen molar-refractivity contribution in [3.05, 3.63) is 65.7 Å². The summed E-state index contributed by atoms with van der Waals surface area (Å²) in [6, 6.07) is 14.2. The van der Waals surface area contributed by atoms with E-state index < -0.39 is 53.6 Å². The molecule has 0 aliphatic heterocycles. The molecule has 2 rings (SSSR count). The first kappa shape index (κ1) is 31.9. The number of sulfonamides is 1. The minimum Gasteiger partial charge on any atom is -0.478 e. The monoisotopic (exact) mass is 585 g/mol. The summed E-state index contributed by atoms with van der Waals surface area (Å²) in [5, 5.41) is 15.1. The Morgan fingerprint density at radius 2 is 1.64 bits per heavy atom. The summed E-state index contributed by atoms with van der Waals surface area (Å²) in [5.74, 6) is -4.94. The highest BCUT2D eigenvalue weighted by atomic mass is 32.2. The average molecular weight is 586 g/mol. The lowest BCUT2D eigenvalue weighted by Crippen LogP contribution is -2.68. The molecule has 0 saturated heterocycles. The van der Waals surface area contributed by atoms with Gasteiger partial charge in [0.05, 0.1) is 6.26 Å². The van der Waals surface area contributed by atoms with Crippen LogP contribution in [0.5, 0.6) is 5.75 Å². The van der Waals surface area contributed by atoms with E-state index in [-0.39, 0.29) is 24.3 Å². The number of nitrogens with one attached hydrogen (secondary N) is 3. The first-order chi connectivity index (χ1) is 18.1. The molecule has 2 atom stereocenters. The summed E-state index contributed by atoms with van der Waals surface area (Å²) in [4.78, 5) is 56.0. The van der Waals surface area contributed by atoms with Crippen LogP contribution in [0.1, 0.15) is 43.2 Å². The Kier molecular flexibility index (Phi) is 11.2. The summed E-state index contributed by atoms with van der Waals surface area (Å²) in [5.41, 5.74) is -1.54. The zero-order valence-corrected chi connectivity index (χ0v) is 23.1. The summed E-state index contributed by atoms with van der Waals surface area (Å²) in [6.45, 7) is 1.68. The van der Waals surface area contributed by atoms with Crippen molar-refractivity contribution >= 4 is 35.6 Å². The molecule has 0 aliphatic rings. The van der Waals surface area contributed by atoms with Gasteiger partial charge < -0.3 is 20.3 Å². The SMILES string of the molecule is CCC(=O)NC(NS(C)(=O)=O)(C(=O)O)C(CC(=O)NCCCc1ccccc1)c1ccc(OP(=O)(O)O)cc1. The van der Waals surface area contributed by atoms with Gasteiger partial charge in [0, 0.05) is 25.3 Å². The van der Waals surface area contributed by atoms with E-state index in [9.17, 15) is 32.5 Å². The predicted molar refractivity (Wildman–Crippen MR) is 141 cm³/mol. The lowest BCUT2D eigenvalue weighted by atomic mass is 9.83. The first-order valence-corrected chi connectivity index (χ1v) is 15.3. The molecule has 39 heavy (non-hydrogen) atoms. The highest BCUT2D eigenvalue weighted by molar-refractivity contribution is 7.88. The fourth-order valence-corrected chi connectivity index (χ4v) is 5.13. The molecule has 2 unspecified atom stereocenters. The van der Waals surface area contributed by atoms with Crippen LogP contribution in [0.25, 0.3) is 0 Å². The largest absolute Gasteiger partial charge is 0.524 e. The normalized spacial score (nSPS) is 14.1. The molecule has 2 aromatic rings. The van der Waals surface area contributed by atoms with Gasteiger partial charge in [0.2, 0.25) is 27.5 Å². The number of aliphatic carboxylic acids is 1. The molecule has 13 nitrogen and oxygen atoms in total. The molecule has 6 N–H and O–H groups in total. The number of benzene rings is 2. The van der Waals surface area contributed by atoms with Crippen LogP contribution >= 0.6 is 7.82 Å². The van der Waals surface area contributed by atoms with E-state index in [0.29, 0.717) is 19.1 Å². The summed E-state index contributed by atoms with van der Waals surface area (Å²) in [6.07, 6.45) is 1.21. The number of amides is 2. The lowest BCUT2D eigenvalue weighted by molar-refractivity contribution is -0.150. The van der Waals surface area contributed by atoms with Gasteiger partial charge in [-0.1, -0.05) is 49.4 Å². The summed E-state index contributed by atoms with van der Waals surface area (Å²) in [7, 11) is -9.15. The molecule has 0 heterocycles. The average Bonchev–Trinajstić information content (AvgIpc) is 2.84. The van der Waals surface area contributed by atoms with Crippen molar-refractivity contribution in [2.45, 2.75) is 44.2 Å². The van der Waals surface area contributed by atoms with Crippen LogP contribution < -0.4 is 19.9 Å². The fraction of sp³-hybridized carbons (Fsp3) is 0.375. The van der Waals surface area contributed by atoms with E-state index in [0.717, 1.165) is 17.7 Å². The molecule has 2 aromatic carbocycles. The third-order valence-electron chi connectivity index (χ3n) is 5.57. The van der Waals surface area contributed by atoms with Gasteiger partial charge in [0.15, 0.2) is 0 Å². The van der Waals surface area contributed by atoms with E-state index >= 15 is 0 Å². The van der Waals surface area contributed by atoms with Crippen LogP contribution in [0, 0.1) is 0 Å². The van der Waals surface area contributed by atoms with Gasteiger partial charge in [-0.3, -0.25) is 19.4 Å². The Balaban J connectivity index is 2.42. The third-order valence-corrected chi connectivity index (χ3v) is 6.71. The number of carboxylic acids is 1. The number of aryl methyl sites for hydroxylation is 1. The molecule has 214 valence electrons. The Hall–Kier alpha value is -3.29. The maximum atomic E-state index is 13.0. The van der Waals surface area contributed by atoms with E-state index in [1.54, 1.807) is 0 Å². The summed E-state index contributed by atoms with van der Waals surface area (Å²) >= 11 is 0. The van der Waals surface area contributed by atoms with Gasteiger partial charge >= 0.3 is 13.8 Å². The topological polar surface area (TPSA) is 208 Å². The smallest absolute Gasteiger partial charge is 0.478 e. The maximum absolute atomic E-state index is 13.0. The fourth-order valence-electron chi connectivity index (χ4n) is 3.87. The highest BCUT2D eigenvalue weighted by Crippen LogP contribution is 2.39. The van der Waals surface area contributed by atoms with Crippen LogP contribution in [0.15, 0.2) is 54.6 Å². The van der Waals surface area contributed by atoms with E-state index in [4.69, 9.17) is 9.79 Å². The number of hydrogen-bond acceptors (Lipinski definition) is 7. The van der Waals surface area contributed by atoms with Crippen molar-refractivity contribution in [1.29, 1.82) is 0 Å². The van der Waals surface area contributed by atoms with Crippen molar-refractivity contribution in [2.24, 2.45) is 0 Å². The second-order valence-electron chi connectivity index (χ2n) is 8.74. The number of carbonyl (C=O) groups is 3. The standard InChI is InChI=1S/C24H32N3O10PS/c1-3-21(28)26-24(23(30)31,27-39(2,35)36)20(18-11-13-19(14-12-18)37-38(32,33)34)16-22(29)25-15-7-10-17-8-5-4-6-9-17/h4-6,8-9,11-14,20,27H,3,7,10,15-16H2,1-2H3,(H,25,29)(H,26,28)(H,30,31)(H2,32,33,34). The molecule has 0 aliphatic carbocycles. The minimum absolute atomic E-state index is 0.0717. The number of phosphoric acid groups is 1. The highest BCUT2D eigenvalue weighted by Gasteiger charge is 2.51. The maximum Gasteiger partial charge on any atom is 0.524 e. The predicted octanol–water partition coefficient (Wildman–Crippen LogP) is 1.24. The van der Waals surface area contributed by atoms with Gasteiger partial charge in [-0.25, -0.2) is 17.8 Å². The van der Waals surface area contributed by atoms with Gasteiger partial charge in [-0.05, 0) is 36.1 Å². The Morgan fingerprint density at radius 3 is 2.15 bits per heavy atom. The first-order valence-electron chi connectivity index (χ1n) is 11.8. The van der Waals surface area contributed by atoms with E-state index in [2.05, 4.69) is 15.2 Å². The van der Waals surface area contributed by atoms with Crippen molar-refractivity contribution in [1.82, 2.24) is 15.4 Å². The molecular formula is C24H32N3O10PS. The van der Waals surface area contributed by atoms with Gasteiger partial charge in [-0.15, -0.1) is 0 Å². The summed E-state index contributed by atoms with van der Waals surface area (Å²) < 4.78 is 42.2. The molecule has 0 bridgehead atoms. The molecule has 0 radical (unpaired) electrons.